The Balaban J connectivity index is 2.00. The molecule has 2 aromatic heterocycles. The summed E-state index contributed by atoms with van der Waals surface area (Å²) in [5.74, 6) is 0.174. The summed E-state index contributed by atoms with van der Waals surface area (Å²) in [7, 11) is 0. The molecule has 0 aliphatic carbocycles. The summed E-state index contributed by atoms with van der Waals surface area (Å²) in [5, 5.41) is 11.0. The highest BCUT2D eigenvalue weighted by atomic mass is 32.1. The van der Waals surface area contributed by atoms with Crippen molar-refractivity contribution in [3.8, 4) is 11.5 Å². The summed E-state index contributed by atoms with van der Waals surface area (Å²) in [4.78, 5) is 4.21. The zero-order valence-corrected chi connectivity index (χ0v) is 11.6. The van der Waals surface area contributed by atoms with Crippen molar-refractivity contribution in [2.24, 2.45) is 5.10 Å². The number of aromatic amines is 1. The molecule has 0 saturated heterocycles. The van der Waals surface area contributed by atoms with Gasteiger partial charge in [0, 0.05) is 6.20 Å². The minimum atomic E-state index is -0.320. The average molecular weight is 299 g/mol. The van der Waals surface area contributed by atoms with E-state index < -0.39 is 0 Å². The van der Waals surface area contributed by atoms with Crippen molar-refractivity contribution < 1.29 is 4.39 Å². The van der Waals surface area contributed by atoms with Gasteiger partial charge < -0.3 is 0 Å². The number of aromatic nitrogens is 4. The first-order valence-electron chi connectivity index (χ1n) is 6.13. The van der Waals surface area contributed by atoms with Crippen LogP contribution in [0.2, 0.25) is 0 Å². The Morgan fingerprint density at radius 1 is 1.24 bits per heavy atom. The first kappa shape index (κ1) is 13.3. The third-order valence-electron chi connectivity index (χ3n) is 2.72. The molecule has 2 heterocycles. The maximum Gasteiger partial charge on any atom is 0.216 e. The van der Waals surface area contributed by atoms with Crippen LogP contribution in [0.15, 0.2) is 53.8 Å². The molecular weight excluding hydrogens is 289 g/mol. The van der Waals surface area contributed by atoms with Crippen LogP contribution in [0.3, 0.4) is 0 Å². The van der Waals surface area contributed by atoms with Crippen molar-refractivity contribution in [1.82, 2.24) is 19.9 Å². The lowest BCUT2D eigenvalue weighted by atomic mass is 10.2. The SMILES string of the molecule is Fc1cccc(/C=N\n2c(-c3ccccn3)n[nH]c2=S)c1. The van der Waals surface area contributed by atoms with Crippen molar-refractivity contribution in [3.63, 3.8) is 0 Å². The van der Waals surface area contributed by atoms with E-state index in [1.165, 1.54) is 23.0 Å². The molecule has 104 valence electrons. The van der Waals surface area contributed by atoms with Crippen LogP contribution in [-0.4, -0.2) is 26.1 Å². The molecule has 0 radical (unpaired) electrons. The number of rotatable bonds is 3. The number of benzene rings is 1. The number of nitrogens with zero attached hydrogens (tertiary/aromatic N) is 4. The lowest BCUT2D eigenvalue weighted by molar-refractivity contribution is 0.627. The summed E-state index contributed by atoms with van der Waals surface area (Å²) in [6, 6.07) is 11.6. The average Bonchev–Trinajstić information content (AvgIpc) is 2.87. The maximum absolute atomic E-state index is 13.1. The van der Waals surface area contributed by atoms with Crippen LogP contribution in [0.25, 0.3) is 11.5 Å². The van der Waals surface area contributed by atoms with Gasteiger partial charge in [-0.25, -0.2) is 9.49 Å². The minimum absolute atomic E-state index is 0.320. The van der Waals surface area contributed by atoms with E-state index in [9.17, 15) is 4.39 Å². The molecule has 0 atom stereocenters. The minimum Gasteiger partial charge on any atom is -0.253 e. The first-order chi connectivity index (χ1) is 10.2. The largest absolute Gasteiger partial charge is 0.253 e. The van der Waals surface area contributed by atoms with Gasteiger partial charge >= 0.3 is 0 Å². The number of H-pyrrole nitrogens is 1. The Labute approximate surface area is 124 Å². The van der Waals surface area contributed by atoms with E-state index in [1.807, 2.05) is 12.1 Å². The number of hydrogen-bond acceptors (Lipinski definition) is 4. The summed E-state index contributed by atoms with van der Waals surface area (Å²) in [5.41, 5.74) is 1.27. The molecule has 0 fully saturated rings. The van der Waals surface area contributed by atoms with Crippen LogP contribution >= 0.6 is 12.2 Å². The molecule has 21 heavy (non-hydrogen) atoms. The number of nitrogens with one attached hydrogen (secondary N) is 1. The summed E-state index contributed by atoms with van der Waals surface area (Å²) >= 11 is 5.14. The third kappa shape index (κ3) is 2.92. The predicted octanol–water partition coefficient (Wildman–Crippen LogP) is 3.02. The smallest absolute Gasteiger partial charge is 0.216 e. The molecule has 7 heteroatoms. The van der Waals surface area contributed by atoms with Crippen LogP contribution in [0.1, 0.15) is 5.56 Å². The summed E-state index contributed by atoms with van der Waals surface area (Å²) in [6.07, 6.45) is 3.18. The van der Waals surface area contributed by atoms with Crippen molar-refractivity contribution in [1.29, 1.82) is 0 Å². The lowest BCUT2D eigenvalue weighted by Crippen LogP contribution is -1.96. The zero-order chi connectivity index (χ0) is 14.7. The number of pyridine rings is 1. The lowest BCUT2D eigenvalue weighted by Gasteiger charge is -1.99. The van der Waals surface area contributed by atoms with Gasteiger partial charge in [0.2, 0.25) is 10.6 Å². The molecule has 3 aromatic rings. The molecule has 0 bridgehead atoms. The molecule has 0 aliphatic rings. The van der Waals surface area contributed by atoms with Crippen molar-refractivity contribution in [2.75, 3.05) is 0 Å². The second-order valence-electron chi connectivity index (χ2n) is 4.18. The standard InChI is InChI=1S/C14H10FN5S/c15-11-5-3-4-10(8-11)9-17-20-13(18-19-14(20)21)12-6-1-2-7-16-12/h1-9H,(H,19,21)/b17-9-. The molecular formula is C14H10FN5S. The monoisotopic (exact) mass is 299 g/mol. The predicted molar refractivity (Wildman–Crippen MR) is 80.0 cm³/mol. The molecule has 0 spiro atoms. The van der Waals surface area contributed by atoms with Crippen LogP contribution in [0, 0.1) is 10.6 Å². The topological polar surface area (TPSA) is 58.9 Å². The van der Waals surface area contributed by atoms with Gasteiger partial charge in [-0.2, -0.15) is 14.9 Å². The number of halogens is 1. The Morgan fingerprint density at radius 3 is 2.90 bits per heavy atom. The Morgan fingerprint density at radius 2 is 2.14 bits per heavy atom. The van der Waals surface area contributed by atoms with Crippen molar-refractivity contribution in [2.45, 2.75) is 0 Å². The van der Waals surface area contributed by atoms with Gasteiger partial charge in [0.25, 0.3) is 0 Å². The van der Waals surface area contributed by atoms with Gasteiger partial charge in [-0.05, 0) is 42.0 Å². The van der Waals surface area contributed by atoms with Crippen molar-refractivity contribution in [3.05, 3.63) is 64.8 Å². The summed E-state index contributed by atoms with van der Waals surface area (Å²) < 4.78 is 14.9. The van der Waals surface area contributed by atoms with Crippen LogP contribution in [0.5, 0.6) is 0 Å². The molecule has 0 unspecified atom stereocenters. The highest BCUT2D eigenvalue weighted by Gasteiger charge is 2.08. The van der Waals surface area contributed by atoms with E-state index in [1.54, 1.807) is 24.4 Å². The van der Waals surface area contributed by atoms with Gasteiger partial charge in [0.1, 0.15) is 11.5 Å². The van der Waals surface area contributed by atoms with Gasteiger partial charge in [0.15, 0.2) is 0 Å². The summed E-state index contributed by atoms with van der Waals surface area (Å²) in [6.45, 7) is 0. The highest BCUT2D eigenvalue weighted by Crippen LogP contribution is 2.13. The fourth-order valence-electron chi connectivity index (χ4n) is 1.77. The molecule has 0 saturated carbocycles. The van der Waals surface area contributed by atoms with Crippen LogP contribution in [0.4, 0.5) is 4.39 Å². The van der Waals surface area contributed by atoms with Crippen LogP contribution < -0.4 is 0 Å². The molecule has 0 amide bonds. The van der Waals surface area contributed by atoms with Crippen molar-refractivity contribution >= 4 is 18.4 Å². The third-order valence-corrected chi connectivity index (χ3v) is 2.98. The van der Waals surface area contributed by atoms with Gasteiger partial charge in [-0.15, -0.1) is 0 Å². The van der Waals surface area contributed by atoms with Gasteiger partial charge in [-0.3, -0.25) is 4.98 Å². The molecule has 5 nitrogen and oxygen atoms in total. The Bertz CT molecular complexity index is 838. The maximum atomic E-state index is 13.1. The molecule has 3 rings (SSSR count). The second-order valence-corrected chi connectivity index (χ2v) is 4.57. The number of hydrogen-bond donors (Lipinski definition) is 1. The van der Waals surface area contributed by atoms with Gasteiger partial charge in [0.05, 0.1) is 6.21 Å². The van der Waals surface area contributed by atoms with Gasteiger partial charge in [-0.1, -0.05) is 18.2 Å². The van der Waals surface area contributed by atoms with Crippen LogP contribution in [-0.2, 0) is 0 Å². The van der Waals surface area contributed by atoms with E-state index in [0.29, 0.717) is 21.9 Å². The normalized spacial score (nSPS) is 11.1. The highest BCUT2D eigenvalue weighted by molar-refractivity contribution is 7.71. The zero-order valence-electron chi connectivity index (χ0n) is 10.8. The fourth-order valence-corrected chi connectivity index (χ4v) is 1.95. The quantitative estimate of drug-likeness (QED) is 0.597. The van der Waals surface area contributed by atoms with E-state index in [4.69, 9.17) is 12.2 Å². The molecule has 0 aliphatic heterocycles. The van der Waals surface area contributed by atoms with E-state index in [-0.39, 0.29) is 5.82 Å². The molecule has 1 N–H and O–H groups in total. The fraction of sp³-hybridized carbons (Fsp3) is 0. The van der Waals surface area contributed by atoms with E-state index in [0.717, 1.165) is 0 Å². The Hall–Kier alpha value is -2.67. The second kappa shape index (κ2) is 5.76. The van der Waals surface area contributed by atoms with E-state index >= 15 is 0 Å². The Kier molecular flexibility index (Phi) is 3.65. The molecule has 1 aromatic carbocycles. The van der Waals surface area contributed by atoms with E-state index in [2.05, 4.69) is 20.3 Å². The first-order valence-corrected chi connectivity index (χ1v) is 6.53.